The van der Waals surface area contributed by atoms with E-state index in [0.717, 1.165) is 0 Å². The average Bonchev–Trinajstić information content (AvgIpc) is 3.43. The molecule has 0 aromatic rings. The molecule has 4 heteroatoms. The molecule has 0 aromatic carbocycles. The molecule has 1 saturated heterocycles. The molecule has 0 saturated carbocycles. The third kappa shape index (κ3) is 26.4. The van der Waals surface area contributed by atoms with Gasteiger partial charge in [0, 0.05) is 7.26 Å². The first kappa shape index (κ1) is 38.7. The fraction of sp³-hybridized carbons (Fsp3) is 0.971. The highest BCUT2D eigenvalue weighted by molar-refractivity contribution is 7.75. The van der Waals surface area contributed by atoms with E-state index in [-0.39, 0.29) is 6.09 Å². The van der Waals surface area contributed by atoms with Crippen LogP contribution < -0.4 is 5.32 Å². The molecule has 1 N–H and O–H groups in total. The lowest BCUT2D eigenvalue weighted by Gasteiger charge is -2.28. The maximum atomic E-state index is 9.91. The predicted octanol–water partition coefficient (Wildman–Crippen LogP) is 12.2. The van der Waals surface area contributed by atoms with Crippen molar-refractivity contribution in [1.29, 1.82) is 0 Å². The molecule has 1 aliphatic heterocycles. The molecule has 1 amide bonds. The van der Waals surface area contributed by atoms with Gasteiger partial charge in [0.1, 0.15) is 6.61 Å². The van der Waals surface area contributed by atoms with Crippen molar-refractivity contribution in [3.8, 4) is 0 Å². The van der Waals surface area contributed by atoms with Gasteiger partial charge in [-0.2, -0.15) is 0 Å². The Morgan fingerprint density at radius 1 is 0.487 bits per heavy atom. The van der Waals surface area contributed by atoms with Crippen LogP contribution in [0.2, 0.25) is 0 Å². The van der Waals surface area contributed by atoms with E-state index in [9.17, 15) is 4.79 Å². The van der Waals surface area contributed by atoms with E-state index in [2.05, 4.69) is 37.7 Å². The Kier molecular flexibility index (Phi) is 30.4. The third-order valence-electron chi connectivity index (χ3n) is 8.55. The maximum Gasteiger partial charge on any atom is 0.407 e. The summed E-state index contributed by atoms with van der Waals surface area (Å²) >= 11 is 0. The Morgan fingerprint density at radius 3 is 1.00 bits per heavy atom. The summed E-state index contributed by atoms with van der Waals surface area (Å²) in [7, 11) is -0.697. The number of hydrogen-bond donors (Lipinski definition) is 1. The average molecular weight is 571 g/mol. The van der Waals surface area contributed by atoms with E-state index >= 15 is 0 Å². The molecular weight excluding hydrogens is 497 g/mol. The molecule has 1 fully saturated rings. The van der Waals surface area contributed by atoms with Crippen molar-refractivity contribution in [3.05, 3.63) is 0 Å². The molecular formula is C35H73NO2P+. The van der Waals surface area contributed by atoms with Crippen LogP contribution in [0.15, 0.2) is 0 Å². The Hall–Kier alpha value is -0.300. The topological polar surface area (TPSA) is 38.3 Å². The quantitative estimate of drug-likeness (QED) is 0.0750. The van der Waals surface area contributed by atoms with Crippen molar-refractivity contribution >= 4 is 13.4 Å². The zero-order valence-electron chi connectivity index (χ0n) is 27.5. The maximum absolute atomic E-state index is 9.91. The first-order valence-corrected chi connectivity index (χ1v) is 20.4. The van der Waals surface area contributed by atoms with E-state index in [4.69, 9.17) is 0 Å². The van der Waals surface area contributed by atoms with Crippen molar-refractivity contribution in [3.63, 3.8) is 0 Å². The zero-order chi connectivity index (χ0) is 28.7. The molecule has 0 aliphatic carbocycles. The van der Waals surface area contributed by atoms with Crippen LogP contribution in [0.3, 0.4) is 0 Å². The number of amides is 1. The molecule has 0 aromatic heterocycles. The van der Waals surface area contributed by atoms with Crippen LogP contribution in [-0.2, 0) is 4.74 Å². The minimum Gasteiger partial charge on any atom is -0.448 e. The van der Waals surface area contributed by atoms with E-state index in [0.29, 0.717) is 13.2 Å². The van der Waals surface area contributed by atoms with E-state index in [1.165, 1.54) is 128 Å². The van der Waals surface area contributed by atoms with E-state index < -0.39 is 7.26 Å². The summed E-state index contributed by atoms with van der Waals surface area (Å²) in [6, 6.07) is 0. The minimum atomic E-state index is -0.697. The van der Waals surface area contributed by atoms with Crippen LogP contribution in [0.25, 0.3) is 0 Å². The molecule has 1 heterocycles. The number of carbonyl (C=O) groups excluding carboxylic acids is 1. The van der Waals surface area contributed by atoms with Crippen LogP contribution in [-0.4, -0.2) is 43.9 Å². The van der Waals surface area contributed by atoms with Gasteiger partial charge >= 0.3 is 6.09 Å². The molecule has 0 spiro atoms. The molecule has 3 nitrogen and oxygen atoms in total. The number of alkyl carbamates (subject to hydrolysis) is 1. The van der Waals surface area contributed by atoms with Gasteiger partial charge in [0.15, 0.2) is 0 Å². The Bertz CT molecular complexity index is 460. The van der Waals surface area contributed by atoms with Gasteiger partial charge in [-0.15, -0.1) is 0 Å². The number of rotatable bonds is 28. The van der Waals surface area contributed by atoms with Gasteiger partial charge in [0.2, 0.25) is 0 Å². The fourth-order valence-electron chi connectivity index (χ4n) is 5.93. The summed E-state index contributed by atoms with van der Waals surface area (Å²) in [4.78, 5) is 9.91. The second kappa shape index (κ2) is 30.7. The molecule has 0 unspecified atom stereocenters. The lowest BCUT2D eigenvalue weighted by molar-refractivity contribution is 0.178. The smallest absolute Gasteiger partial charge is 0.407 e. The normalized spacial score (nSPS) is 13.2. The highest BCUT2D eigenvalue weighted by atomic mass is 31.2. The summed E-state index contributed by atoms with van der Waals surface area (Å²) in [6.45, 7) is 10.6. The lowest BCUT2D eigenvalue weighted by Crippen LogP contribution is -2.13. The predicted molar refractivity (Wildman–Crippen MR) is 179 cm³/mol. The second-order valence-electron chi connectivity index (χ2n) is 12.4. The highest BCUT2D eigenvalue weighted by Crippen LogP contribution is 2.61. The Morgan fingerprint density at radius 2 is 0.769 bits per heavy atom. The van der Waals surface area contributed by atoms with Crippen LogP contribution in [0, 0.1) is 0 Å². The van der Waals surface area contributed by atoms with Crippen molar-refractivity contribution in [1.82, 2.24) is 5.32 Å². The third-order valence-corrected chi connectivity index (χ3v) is 13.6. The first-order chi connectivity index (χ1) is 19.1. The number of ether oxygens (including phenoxy) is 1. The summed E-state index contributed by atoms with van der Waals surface area (Å²) in [5.74, 6) is 0. The Labute approximate surface area is 247 Å². The van der Waals surface area contributed by atoms with Crippen LogP contribution in [0.1, 0.15) is 182 Å². The summed E-state index contributed by atoms with van der Waals surface area (Å²) in [5, 5.41) is 2.46. The molecule has 0 bridgehead atoms. The molecule has 234 valence electrons. The molecule has 39 heavy (non-hydrogen) atoms. The largest absolute Gasteiger partial charge is 0.448 e. The summed E-state index contributed by atoms with van der Waals surface area (Å²) < 4.78 is 4.40. The van der Waals surface area contributed by atoms with Crippen molar-refractivity contribution < 1.29 is 9.53 Å². The number of nitrogens with one attached hydrogen (secondary N) is 1. The van der Waals surface area contributed by atoms with Gasteiger partial charge in [0.05, 0.1) is 31.2 Å². The van der Waals surface area contributed by atoms with Crippen molar-refractivity contribution in [2.75, 3.05) is 37.8 Å². The van der Waals surface area contributed by atoms with Gasteiger partial charge in [-0.25, -0.2) is 4.79 Å². The number of carbonyl (C=O) groups is 1. The number of unbranched alkanes of at least 4 members (excludes halogenated alkanes) is 20. The highest BCUT2D eigenvalue weighted by Gasteiger charge is 2.34. The summed E-state index contributed by atoms with van der Waals surface area (Å²) in [5.41, 5.74) is 0. The van der Waals surface area contributed by atoms with Gasteiger partial charge < -0.3 is 10.1 Å². The lowest BCUT2D eigenvalue weighted by atomic mass is 10.1. The van der Waals surface area contributed by atoms with E-state index in [1.54, 1.807) is 50.3 Å². The minimum absolute atomic E-state index is 0.296. The zero-order valence-corrected chi connectivity index (χ0v) is 28.4. The monoisotopic (exact) mass is 571 g/mol. The van der Waals surface area contributed by atoms with E-state index in [1.807, 2.05) is 0 Å². The molecule has 1 aliphatic rings. The van der Waals surface area contributed by atoms with Crippen LogP contribution in [0.4, 0.5) is 4.79 Å². The summed E-state index contributed by atoms with van der Waals surface area (Å²) in [6.07, 6.45) is 41.8. The standard InChI is InChI=1S/C32H68P.C3H5NO2/c1-5-9-13-17-18-19-20-21-22-23-24-28-32-33(29-25-14-10-6-2,30-26-15-11-7-3)31-27-16-12-8-4;5-3-4-1-2-6-3/h5-32H2,1-4H3;1-2H2,(H,4,5)/q+1;. The fourth-order valence-corrected chi connectivity index (χ4v) is 10.8. The Balaban J connectivity index is 0.00000210. The van der Waals surface area contributed by atoms with Crippen LogP contribution >= 0.6 is 7.26 Å². The van der Waals surface area contributed by atoms with Gasteiger partial charge in [0.25, 0.3) is 0 Å². The van der Waals surface area contributed by atoms with Crippen molar-refractivity contribution in [2.24, 2.45) is 0 Å². The molecule has 0 atom stereocenters. The molecule has 0 radical (unpaired) electrons. The SMILES string of the molecule is CCCCCCCCCCCCCC[P+](CCCCCC)(CCCCCC)CCCCCC.O=C1NCCO1. The number of hydrogen-bond acceptors (Lipinski definition) is 2. The second-order valence-corrected chi connectivity index (χ2v) is 16.8. The first-order valence-electron chi connectivity index (χ1n) is 17.9. The van der Waals surface area contributed by atoms with Gasteiger partial charge in [-0.05, 0) is 51.4 Å². The number of cyclic esters (lactones) is 1. The molecule has 1 rings (SSSR count). The van der Waals surface area contributed by atoms with Gasteiger partial charge in [-0.1, -0.05) is 130 Å². The van der Waals surface area contributed by atoms with Crippen molar-refractivity contribution in [2.45, 2.75) is 182 Å². The van der Waals surface area contributed by atoms with Crippen LogP contribution in [0.5, 0.6) is 0 Å². The van der Waals surface area contributed by atoms with Gasteiger partial charge in [-0.3, -0.25) is 0 Å².